The molecule has 3 fully saturated rings. The summed E-state index contributed by atoms with van der Waals surface area (Å²) in [5, 5.41) is 2.96. The number of nitrogens with zero attached hydrogens (tertiary/aromatic N) is 3. The Morgan fingerprint density at radius 2 is 1.91 bits per heavy atom. The zero-order valence-corrected chi connectivity index (χ0v) is 20.7. The molecule has 0 radical (unpaired) electrons. The van der Waals surface area contributed by atoms with Gasteiger partial charge in [-0.25, -0.2) is 14.0 Å². The Morgan fingerprint density at radius 1 is 1.15 bits per heavy atom. The predicted molar refractivity (Wildman–Crippen MR) is 134 cm³/mol. The Kier molecular flexibility index (Phi) is 6.02. The number of benzene rings is 1. The van der Waals surface area contributed by atoms with Gasteiger partial charge >= 0.3 is 0 Å². The number of rotatable bonds is 5. The van der Waals surface area contributed by atoms with Crippen LogP contribution in [0.15, 0.2) is 41.3 Å². The molecule has 0 bridgehead atoms. The first-order chi connectivity index (χ1) is 16.2. The molecular formula is C25H33N5O3S. The average Bonchev–Trinajstić information content (AvgIpc) is 3.57. The molecular weight excluding hydrogens is 450 g/mol. The number of carbonyl (C=O) groups is 1. The van der Waals surface area contributed by atoms with Gasteiger partial charge in [0.05, 0.1) is 33.7 Å². The summed E-state index contributed by atoms with van der Waals surface area (Å²) < 4.78 is 26.1. The highest BCUT2D eigenvalue weighted by molar-refractivity contribution is 7.91. The lowest BCUT2D eigenvalue weighted by atomic mass is 9.93. The largest absolute Gasteiger partial charge is 0.375 e. The molecule has 8 nitrogen and oxygen atoms in total. The highest BCUT2D eigenvalue weighted by Crippen LogP contribution is 2.54. The minimum Gasteiger partial charge on any atom is -0.375 e. The minimum absolute atomic E-state index is 0.139. The molecule has 34 heavy (non-hydrogen) atoms. The number of anilines is 3. The SMILES string of the molecule is C[C@@H]1CN(c2cccc(NC(=O)c3ccc([S@@](C)(=N)=O)cc3N3CCC4(CC3)CC4)n2)CCO1. The molecule has 3 heterocycles. The number of piperidine rings is 1. The number of aromatic nitrogens is 1. The van der Waals surface area contributed by atoms with E-state index >= 15 is 0 Å². The van der Waals surface area contributed by atoms with Crippen LogP contribution in [-0.4, -0.2) is 60.2 Å². The van der Waals surface area contributed by atoms with Gasteiger partial charge in [0, 0.05) is 37.3 Å². The van der Waals surface area contributed by atoms with E-state index in [0.717, 1.165) is 50.5 Å². The number of ether oxygens (including phenoxy) is 1. The fourth-order valence-electron chi connectivity index (χ4n) is 4.99. The lowest BCUT2D eigenvalue weighted by molar-refractivity contribution is 0.0529. The van der Waals surface area contributed by atoms with Crippen molar-refractivity contribution in [2.24, 2.45) is 5.41 Å². The van der Waals surface area contributed by atoms with Crippen molar-refractivity contribution >= 4 is 33.0 Å². The van der Waals surface area contributed by atoms with Gasteiger partial charge < -0.3 is 19.9 Å². The van der Waals surface area contributed by atoms with E-state index in [2.05, 4.69) is 20.1 Å². The van der Waals surface area contributed by atoms with E-state index in [-0.39, 0.29) is 12.0 Å². The second-order valence-electron chi connectivity index (χ2n) is 9.97. The molecule has 182 valence electrons. The summed E-state index contributed by atoms with van der Waals surface area (Å²) in [5.41, 5.74) is 1.78. The summed E-state index contributed by atoms with van der Waals surface area (Å²) >= 11 is 0. The third kappa shape index (κ3) is 4.90. The van der Waals surface area contributed by atoms with Gasteiger partial charge in [0.1, 0.15) is 11.6 Å². The first-order valence-corrected chi connectivity index (χ1v) is 14.0. The van der Waals surface area contributed by atoms with Crippen LogP contribution in [0.5, 0.6) is 0 Å². The lowest BCUT2D eigenvalue weighted by Gasteiger charge is -2.35. The Morgan fingerprint density at radius 3 is 2.59 bits per heavy atom. The number of morpholine rings is 1. The lowest BCUT2D eigenvalue weighted by Crippen LogP contribution is -2.41. The van der Waals surface area contributed by atoms with Crippen LogP contribution in [0, 0.1) is 10.2 Å². The van der Waals surface area contributed by atoms with Crippen molar-refractivity contribution in [1.29, 1.82) is 4.78 Å². The van der Waals surface area contributed by atoms with Gasteiger partial charge in [-0.1, -0.05) is 6.07 Å². The Hall–Kier alpha value is -2.65. The second kappa shape index (κ2) is 8.85. The quantitative estimate of drug-likeness (QED) is 0.668. The molecule has 1 aromatic heterocycles. The smallest absolute Gasteiger partial charge is 0.258 e. The number of nitrogens with one attached hydrogen (secondary N) is 2. The van der Waals surface area contributed by atoms with Crippen LogP contribution in [0.25, 0.3) is 0 Å². The maximum absolute atomic E-state index is 13.4. The van der Waals surface area contributed by atoms with Crippen molar-refractivity contribution in [3.8, 4) is 0 Å². The average molecular weight is 484 g/mol. The fraction of sp³-hybridized carbons (Fsp3) is 0.520. The third-order valence-electron chi connectivity index (χ3n) is 7.33. The molecule has 1 aromatic carbocycles. The van der Waals surface area contributed by atoms with Crippen molar-refractivity contribution in [3.63, 3.8) is 0 Å². The third-order valence-corrected chi connectivity index (χ3v) is 8.48. The van der Waals surface area contributed by atoms with Gasteiger partial charge in [-0.2, -0.15) is 0 Å². The van der Waals surface area contributed by atoms with E-state index in [0.29, 0.717) is 28.3 Å². The molecule has 1 saturated carbocycles. The number of hydrogen-bond acceptors (Lipinski definition) is 7. The maximum Gasteiger partial charge on any atom is 0.258 e. The molecule has 2 saturated heterocycles. The second-order valence-corrected chi connectivity index (χ2v) is 12.1. The summed E-state index contributed by atoms with van der Waals surface area (Å²) in [4.78, 5) is 22.9. The van der Waals surface area contributed by atoms with Crippen LogP contribution in [-0.2, 0) is 14.5 Å². The van der Waals surface area contributed by atoms with E-state index < -0.39 is 9.73 Å². The zero-order valence-electron chi connectivity index (χ0n) is 19.9. The highest BCUT2D eigenvalue weighted by Gasteiger charge is 2.44. The molecule has 2 aliphatic heterocycles. The summed E-state index contributed by atoms with van der Waals surface area (Å²) in [6.07, 6.45) is 6.38. The van der Waals surface area contributed by atoms with Gasteiger partial charge in [0.15, 0.2) is 0 Å². The van der Waals surface area contributed by atoms with Crippen molar-refractivity contribution < 1.29 is 13.7 Å². The summed E-state index contributed by atoms with van der Waals surface area (Å²) in [6.45, 7) is 5.96. The van der Waals surface area contributed by atoms with E-state index in [1.807, 2.05) is 19.1 Å². The van der Waals surface area contributed by atoms with Gasteiger partial charge in [0.2, 0.25) is 0 Å². The molecule has 2 N–H and O–H groups in total. The van der Waals surface area contributed by atoms with Crippen molar-refractivity contribution in [3.05, 3.63) is 42.0 Å². The Labute approximate surface area is 201 Å². The van der Waals surface area contributed by atoms with Gasteiger partial charge in [0.25, 0.3) is 5.91 Å². The van der Waals surface area contributed by atoms with Gasteiger partial charge in [-0.15, -0.1) is 0 Å². The Bertz CT molecular complexity index is 1180. The first kappa shape index (κ1) is 23.1. The standard InChI is InChI=1S/C25H33N5O3S/c1-18-17-30(14-15-33-18)23-5-3-4-22(27-23)28-24(31)20-7-6-19(34(2,26)32)16-21(20)29-12-10-25(8-9-25)11-13-29/h3-7,16,18,26H,8-15,17H2,1-2H3,(H,27,28,31)/t18-,34+/m1/s1. The van der Waals surface area contributed by atoms with Crippen molar-refractivity contribution in [2.75, 3.05) is 54.2 Å². The fourth-order valence-corrected chi connectivity index (χ4v) is 5.65. The molecule has 9 heteroatoms. The summed E-state index contributed by atoms with van der Waals surface area (Å²) in [6, 6.07) is 10.7. The van der Waals surface area contributed by atoms with E-state index in [4.69, 9.17) is 9.52 Å². The number of amides is 1. The van der Waals surface area contributed by atoms with Crippen molar-refractivity contribution in [2.45, 2.75) is 43.6 Å². The summed E-state index contributed by atoms with van der Waals surface area (Å²) in [7, 11) is -2.88. The van der Waals surface area contributed by atoms with Crippen LogP contribution in [0.4, 0.5) is 17.3 Å². The molecule has 3 aliphatic rings. The topological polar surface area (TPSA) is 98.6 Å². The number of carbonyl (C=O) groups excluding carboxylic acids is 1. The molecule has 2 atom stereocenters. The van der Waals surface area contributed by atoms with Gasteiger partial charge in [-0.05, 0) is 68.4 Å². The first-order valence-electron chi connectivity index (χ1n) is 12.0. The van der Waals surface area contributed by atoms with Crippen LogP contribution in [0.3, 0.4) is 0 Å². The van der Waals surface area contributed by atoms with Crippen LogP contribution >= 0.6 is 0 Å². The predicted octanol–water partition coefficient (Wildman–Crippen LogP) is 3.97. The van der Waals surface area contributed by atoms with E-state index in [9.17, 15) is 9.00 Å². The van der Waals surface area contributed by atoms with Crippen LogP contribution < -0.4 is 15.1 Å². The molecule has 1 spiro atoms. The molecule has 2 aromatic rings. The highest BCUT2D eigenvalue weighted by atomic mass is 32.2. The number of hydrogen-bond donors (Lipinski definition) is 2. The van der Waals surface area contributed by atoms with Crippen molar-refractivity contribution in [1.82, 2.24) is 4.98 Å². The number of pyridine rings is 1. The normalized spacial score (nSPS) is 23.4. The Balaban J connectivity index is 1.39. The molecule has 1 amide bonds. The molecule has 1 aliphatic carbocycles. The van der Waals surface area contributed by atoms with E-state index in [1.54, 1.807) is 24.3 Å². The minimum atomic E-state index is -2.88. The molecule has 5 rings (SSSR count). The molecule has 0 unspecified atom stereocenters. The van der Waals surface area contributed by atoms with Crippen LogP contribution in [0.1, 0.15) is 43.0 Å². The summed E-state index contributed by atoms with van der Waals surface area (Å²) in [5.74, 6) is 1.06. The maximum atomic E-state index is 13.4. The zero-order chi connectivity index (χ0) is 23.9. The monoisotopic (exact) mass is 483 g/mol. The van der Waals surface area contributed by atoms with Gasteiger partial charge in [-0.3, -0.25) is 4.79 Å². The van der Waals surface area contributed by atoms with E-state index in [1.165, 1.54) is 19.1 Å². The van der Waals surface area contributed by atoms with Crippen LogP contribution in [0.2, 0.25) is 0 Å².